The third-order valence-electron chi connectivity index (χ3n) is 14.6. The Morgan fingerprint density at radius 2 is 0.875 bits per heavy atom. The van der Waals surface area contributed by atoms with Gasteiger partial charge in [-0.3, -0.25) is 29.7 Å². The van der Waals surface area contributed by atoms with E-state index in [-0.39, 0.29) is 59.1 Å². The van der Waals surface area contributed by atoms with E-state index in [0.29, 0.717) is 107 Å². The number of pyridine rings is 3. The maximum absolute atomic E-state index is 14.2. The molecule has 9 aromatic rings. The summed E-state index contributed by atoms with van der Waals surface area (Å²) in [6.45, 7) is 8.89. The smallest absolute Gasteiger partial charge is 0.420 e. The van der Waals surface area contributed by atoms with Crippen LogP contribution in [0.5, 0.6) is 17.2 Å². The van der Waals surface area contributed by atoms with E-state index in [1.165, 1.54) is 97.5 Å². The van der Waals surface area contributed by atoms with Gasteiger partial charge in [0.15, 0.2) is 5.82 Å². The monoisotopic (exact) mass is 1390 g/mol. The van der Waals surface area contributed by atoms with Crippen LogP contribution in [0.15, 0.2) is 128 Å². The summed E-state index contributed by atoms with van der Waals surface area (Å²) in [5, 5.41) is 57.2. The van der Waals surface area contributed by atoms with Gasteiger partial charge in [-0.1, -0.05) is 0 Å². The fourth-order valence-electron chi connectivity index (χ4n) is 10.1. The molecule has 504 valence electrons. The van der Waals surface area contributed by atoms with Gasteiger partial charge in [0.25, 0.3) is 17.7 Å². The van der Waals surface area contributed by atoms with Crippen LogP contribution in [0.2, 0.25) is 0 Å². The van der Waals surface area contributed by atoms with Gasteiger partial charge >= 0.3 is 16.7 Å². The number of amides is 3. The van der Waals surface area contributed by atoms with E-state index in [4.69, 9.17) is 34.8 Å². The van der Waals surface area contributed by atoms with Crippen molar-refractivity contribution >= 4 is 87.0 Å². The quantitative estimate of drug-likeness (QED) is 0.0253. The maximum Gasteiger partial charge on any atom is 0.487 e. The highest BCUT2D eigenvalue weighted by Crippen LogP contribution is 2.38. The molecule has 0 aliphatic carbocycles. The van der Waals surface area contributed by atoms with Crippen LogP contribution in [-0.4, -0.2) is 153 Å². The molecule has 0 bridgehead atoms. The minimum absolute atomic E-state index is 0.0388. The molecule has 9 heterocycles. The molecule has 3 saturated heterocycles. The molecule has 0 atom stereocenters. The second-order valence-corrected chi connectivity index (χ2v) is 23.9. The number of alkyl halides is 9. The number of anilines is 6. The van der Waals surface area contributed by atoms with E-state index < -0.39 is 45.8 Å². The third-order valence-corrected chi connectivity index (χ3v) is 14.9. The number of rotatable bonds is 20. The first-order valence-corrected chi connectivity index (χ1v) is 30.0. The number of aliphatic hydroxyl groups is 3. The number of H-pyrrole nitrogens is 3. The zero-order valence-electron chi connectivity index (χ0n) is 50.5. The summed E-state index contributed by atoms with van der Waals surface area (Å²) >= 11 is 14.2. The minimum Gasteiger partial charge on any atom is -0.420 e. The van der Waals surface area contributed by atoms with Gasteiger partial charge in [0.1, 0.15) is 40.4 Å². The second kappa shape index (κ2) is 28.7. The van der Waals surface area contributed by atoms with Crippen molar-refractivity contribution in [1.82, 2.24) is 45.5 Å². The number of aromatic amines is 3. The summed E-state index contributed by atoms with van der Waals surface area (Å²) < 4.78 is 103. The standard InChI is InChI=1S/2C21H20ClF2N5O3.C20H17ClF3N5O3/c1-12-7-17(28-27-12)16-8-13(9-25-18(16)29-10-20(2,31)11-29)19(30)26-14-3-5-15(6-4-14)32-21(22,23)24;1-12-6-18(28-27-12)17-7-14(8-25-19(17)29-9-13(10-29)11-30)20(31)26-15-2-4-16(5-3-15)32-21(22,23)24;21-20(23,24)32-14-3-1-13(2-4-14)27-19(31)12-5-15(17-16(22)7-26-28-17)18(25-6-12)29-8-11(9-29)10-30/h3-9,31H,10-11H2,1-2H3,(H,26,30)(H,27,28);2-8,13,30H,9-11H2,1H3,(H,26,31)(H,27,28);1-7,11,30H,8-10H2,(H,26,28)(H,27,31). The first kappa shape index (κ1) is 69.1. The van der Waals surface area contributed by atoms with Gasteiger partial charge in [-0.2, -0.15) is 15.3 Å². The molecule has 34 heteroatoms. The highest BCUT2D eigenvalue weighted by molar-refractivity contribution is 6.21. The Bertz CT molecular complexity index is 4210. The molecule has 96 heavy (non-hydrogen) atoms. The molecule has 9 N–H and O–H groups in total. The number of nitrogens with one attached hydrogen (secondary N) is 6. The van der Waals surface area contributed by atoms with Gasteiger partial charge in [-0.15, -0.1) is 26.3 Å². The first-order valence-electron chi connectivity index (χ1n) is 28.9. The Labute approximate surface area is 555 Å². The molecule has 3 aliphatic rings. The largest absolute Gasteiger partial charge is 0.487 e. The number of aliphatic hydroxyl groups excluding tert-OH is 2. The van der Waals surface area contributed by atoms with Gasteiger partial charge in [0.2, 0.25) is 0 Å². The van der Waals surface area contributed by atoms with Crippen molar-refractivity contribution in [3.63, 3.8) is 0 Å². The molecule has 3 aliphatic heterocycles. The number of aryl methyl sites for hydroxylation is 2. The van der Waals surface area contributed by atoms with E-state index in [2.05, 4.69) is 75.7 Å². The van der Waals surface area contributed by atoms with E-state index in [1.807, 2.05) is 40.7 Å². The van der Waals surface area contributed by atoms with Crippen molar-refractivity contribution in [2.45, 2.75) is 43.1 Å². The summed E-state index contributed by atoms with van der Waals surface area (Å²) in [6, 6.07) is 24.5. The molecule has 6 aromatic heterocycles. The summed E-state index contributed by atoms with van der Waals surface area (Å²) in [5.74, 6) is -0.421. The van der Waals surface area contributed by atoms with Crippen molar-refractivity contribution < 1.29 is 74.6 Å². The number of nitrogens with zero attached hydrogens (tertiary/aromatic N) is 9. The zero-order valence-corrected chi connectivity index (χ0v) is 52.8. The lowest BCUT2D eigenvalue weighted by Crippen LogP contribution is -2.60. The predicted molar refractivity (Wildman–Crippen MR) is 341 cm³/mol. The van der Waals surface area contributed by atoms with Crippen LogP contribution in [0.4, 0.5) is 65.2 Å². The Kier molecular flexibility index (Phi) is 20.6. The number of hydrogen-bond acceptors (Lipinski definition) is 18. The van der Waals surface area contributed by atoms with Crippen LogP contribution < -0.4 is 44.9 Å². The summed E-state index contributed by atoms with van der Waals surface area (Å²) in [4.78, 5) is 57.3. The highest BCUT2D eigenvalue weighted by Gasteiger charge is 2.39. The van der Waals surface area contributed by atoms with Crippen LogP contribution in [-0.2, 0) is 0 Å². The molecule has 0 unspecified atom stereocenters. The predicted octanol–water partition coefficient (Wildman–Crippen LogP) is 10.9. The number of ether oxygens (including phenoxy) is 3. The molecule has 3 aromatic carbocycles. The lowest BCUT2D eigenvalue weighted by molar-refractivity contribution is -0.0972. The molecule has 3 fully saturated rings. The topological polar surface area (TPSA) is 310 Å². The fraction of sp³-hybridized carbons (Fsp3) is 0.274. The van der Waals surface area contributed by atoms with Crippen molar-refractivity contribution in [3.8, 4) is 51.0 Å². The summed E-state index contributed by atoms with van der Waals surface area (Å²) in [5.41, 5.74) is -5.73. The van der Waals surface area contributed by atoms with E-state index >= 15 is 0 Å². The number of aromatic nitrogens is 9. The van der Waals surface area contributed by atoms with Crippen molar-refractivity contribution in [1.29, 1.82) is 0 Å². The Morgan fingerprint density at radius 1 is 0.542 bits per heavy atom. The van der Waals surface area contributed by atoms with Crippen molar-refractivity contribution in [3.05, 3.63) is 162 Å². The van der Waals surface area contributed by atoms with Gasteiger partial charge in [0, 0.05) is 163 Å². The van der Waals surface area contributed by atoms with Gasteiger partial charge in [-0.25, -0.2) is 19.3 Å². The first-order chi connectivity index (χ1) is 45.4. The lowest BCUT2D eigenvalue weighted by Gasteiger charge is -2.45. The number of benzene rings is 3. The van der Waals surface area contributed by atoms with Crippen LogP contribution in [0.1, 0.15) is 49.4 Å². The number of halogens is 10. The summed E-state index contributed by atoms with van der Waals surface area (Å²) in [6.07, 6.45) is 5.27. The number of hydrogen-bond donors (Lipinski definition) is 9. The van der Waals surface area contributed by atoms with E-state index in [0.717, 1.165) is 17.6 Å². The third kappa shape index (κ3) is 18.0. The van der Waals surface area contributed by atoms with Gasteiger partial charge < -0.3 is 60.2 Å². The zero-order chi connectivity index (χ0) is 68.9. The lowest BCUT2D eigenvalue weighted by atomic mass is 9.95. The Morgan fingerprint density at radius 3 is 1.17 bits per heavy atom. The summed E-state index contributed by atoms with van der Waals surface area (Å²) in [7, 11) is 0. The SMILES string of the molecule is Cc1cc(-c2cc(C(=O)Nc3ccc(OC(F)(F)Cl)cc3)cnc2N2CC(C)(O)C2)n[nH]1.Cc1cc(-c2cc(C(=O)Nc3ccc(OC(F)(F)Cl)cc3)cnc2N2CC(CO)C2)n[nH]1.O=C(Nc1ccc(OC(F)(F)Cl)cc1)c1cnc(N2CC(CO)C2)c(-c2[nH]ncc2F)c1. The van der Waals surface area contributed by atoms with Gasteiger partial charge in [0.05, 0.1) is 39.9 Å². The molecule has 0 spiro atoms. The Balaban J connectivity index is 0.000000157. The molecule has 0 saturated carbocycles. The molecule has 3 amide bonds. The van der Waals surface area contributed by atoms with Gasteiger partial charge in [-0.05, 0) is 124 Å². The van der Waals surface area contributed by atoms with Crippen LogP contribution >= 0.6 is 34.8 Å². The van der Waals surface area contributed by atoms with E-state index in [9.17, 15) is 60.4 Å². The van der Waals surface area contributed by atoms with E-state index in [1.54, 1.807) is 19.1 Å². The molecule has 0 radical (unpaired) electrons. The molecular formula is C62H57Cl3F7N15O9. The van der Waals surface area contributed by atoms with Crippen molar-refractivity contribution in [2.75, 3.05) is 83.1 Å². The molecular weight excluding hydrogens is 1340 g/mol. The second-order valence-electron chi connectivity index (χ2n) is 22.6. The number of carbonyl (C=O) groups excluding carboxylic acids is 3. The highest BCUT2D eigenvalue weighted by atomic mass is 35.5. The Hall–Kier alpha value is -9.79. The minimum atomic E-state index is -3.84. The normalized spacial score (nSPS) is 14.6. The van der Waals surface area contributed by atoms with Crippen LogP contribution in [0, 0.1) is 31.5 Å². The molecule has 24 nitrogen and oxygen atoms in total. The van der Waals surface area contributed by atoms with Crippen molar-refractivity contribution in [2.24, 2.45) is 11.8 Å². The molecule has 12 rings (SSSR count). The average molecular weight is 1400 g/mol. The average Bonchev–Trinajstić information content (AvgIpc) is 1.16. The fourth-order valence-corrected chi connectivity index (χ4v) is 10.4. The maximum atomic E-state index is 14.2. The van der Waals surface area contributed by atoms with Crippen LogP contribution in [0.25, 0.3) is 33.8 Å². The number of carbonyl (C=O) groups is 3. The van der Waals surface area contributed by atoms with Crippen LogP contribution in [0.3, 0.4) is 0 Å². The number of β-amino-alcohol motifs (C(OH)–C–C–N with tert-alkyl or cyclic N) is 1.